The van der Waals surface area contributed by atoms with Crippen LogP contribution in [0.4, 0.5) is 36.2 Å². The number of hydrogen-bond donors (Lipinski definition) is 2. The van der Waals surface area contributed by atoms with Crippen LogP contribution in [0.15, 0.2) is 54.6 Å². The normalized spacial score (nSPS) is 11.2. The maximum Gasteiger partial charge on any atom is 0.416 e. The zero-order valence-electron chi connectivity index (χ0n) is 17.3. The van der Waals surface area contributed by atoms with E-state index in [1.807, 2.05) is 25.1 Å². The lowest BCUT2D eigenvalue weighted by Gasteiger charge is -2.14. The number of benzene rings is 2. The fourth-order valence-corrected chi connectivity index (χ4v) is 2.88. The van der Waals surface area contributed by atoms with Gasteiger partial charge in [-0.1, -0.05) is 18.2 Å². The lowest BCUT2D eigenvalue weighted by molar-refractivity contribution is -0.137. The highest BCUT2D eigenvalue weighted by Gasteiger charge is 2.30. The Bertz CT molecular complexity index is 1070. The fraction of sp³-hybridized carbons (Fsp3) is 0.227. The SMILES string of the molecule is Cc1nc(Nc2ccc(NC(=O)Cc3cccc(C(F)(F)F)c3)cc2)cc(N(C)C)n1. The molecule has 0 saturated heterocycles. The molecule has 31 heavy (non-hydrogen) atoms. The molecule has 3 aromatic rings. The molecule has 0 aliphatic carbocycles. The van der Waals surface area contributed by atoms with Crippen LogP contribution in [0.5, 0.6) is 0 Å². The Labute approximate surface area is 178 Å². The molecule has 162 valence electrons. The van der Waals surface area contributed by atoms with Crippen LogP contribution in [0, 0.1) is 6.92 Å². The van der Waals surface area contributed by atoms with Gasteiger partial charge < -0.3 is 15.5 Å². The van der Waals surface area contributed by atoms with Crippen molar-refractivity contribution in [1.82, 2.24) is 9.97 Å². The van der Waals surface area contributed by atoms with E-state index in [9.17, 15) is 18.0 Å². The topological polar surface area (TPSA) is 70.2 Å². The van der Waals surface area contributed by atoms with Gasteiger partial charge in [0.15, 0.2) is 0 Å². The largest absolute Gasteiger partial charge is 0.416 e. The lowest BCUT2D eigenvalue weighted by Crippen LogP contribution is -2.15. The molecule has 2 N–H and O–H groups in total. The molecule has 1 heterocycles. The molecule has 0 radical (unpaired) electrons. The summed E-state index contributed by atoms with van der Waals surface area (Å²) in [5, 5.41) is 5.88. The van der Waals surface area contributed by atoms with Crippen molar-refractivity contribution in [2.75, 3.05) is 29.6 Å². The number of nitrogens with one attached hydrogen (secondary N) is 2. The van der Waals surface area contributed by atoms with Crippen molar-refractivity contribution < 1.29 is 18.0 Å². The molecule has 0 aliphatic rings. The summed E-state index contributed by atoms with van der Waals surface area (Å²) in [7, 11) is 3.78. The van der Waals surface area contributed by atoms with Crippen LogP contribution in [0.3, 0.4) is 0 Å². The van der Waals surface area contributed by atoms with Crippen LogP contribution >= 0.6 is 0 Å². The minimum atomic E-state index is -4.44. The standard InChI is InChI=1S/C22H22F3N5O/c1-14-26-19(13-20(27-14)30(2)3)28-17-7-9-18(10-8-17)29-21(31)12-15-5-4-6-16(11-15)22(23,24)25/h4-11,13H,12H2,1-3H3,(H,29,31)(H,26,27,28). The number of aryl methyl sites for hydroxylation is 1. The van der Waals surface area contributed by atoms with Crippen LogP contribution in [-0.2, 0) is 17.4 Å². The molecule has 2 aromatic carbocycles. The van der Waals surface area contributed by atoms with Gasteiger partial charge >= 0.3 is 6.18 Å². The number of halogens is 3. The molecule has 1 aromatic heterocycles. The quantitative estimate of drug-likeness (QED) is 0.589. The zero-order chi connectivity index (χ0) is 22.6. The van der Waals surface area contributed by atoms with Gasteiger partial charge in [0.1, 0.15) is 17.5 Å². The number of aromatic nitrogens is 2. The Morgan fingerprint density at radius 2 is 1.68 bits per heavy atom. The van der Waals surface area contributed by atoms with Gasteiger partial charge in [0, 0.05) is 31.5 Å². The smallest absolute Gasteiger partial charge is 0.363 e. The minimum absolute atomic E-state index is 0.155. The molecule has 0 aliphatic heterocycles. The lowest BCUT2D eigenvalue weighted by atomic mass is 10.1. The molecule has 1 amide bonds. The number of alkyl halides is 3. The average molecular weight is 429 g/mol. The Kier molecular flexibility index (Phi) is 6.43. The Hall–Kier alpha value is -3.62. The highest BCUT2D eigenvalue weighted by atomic mass is 19.4. The van der Waals surface area contributed by atoms with Crippen molar-refractivity contribution >= 4 is 28.9 Å². The maximum atomic E-state index is 12.8. The number of nitrogens with zero attached hydrogens (tertiary/aromatic N) is 3. The van der Waals surface area contributed by atoms with E-state index in [4.69, 9.17) is 0 Å². The van der Waals surface area contributed by atoms with Crippen LogP contribution in [0.2, 0.25) is 0 Å². The molecule has 6 nitrogen and oxygen atoms in total. The van der Waals surface area contributed by atoms with Crippen molar-refractivity contribution in [3.05, 3.63) is 71.5 Å². The van der Waals surface area contributed by atoms with Gasteiger partial charge in [0.05, 0.1) is 12.0 Å². The summed E-state index contributed by atoms with van der Waals surface area (Å²) in [6, 6.07) is 13.5. The van der Waals surface area contributed by atoms with Gasteiger partial charge in [-0.2, -0.15) is 13.2 Å². The first-order chi connectivity index (χ1) is 14.6. The van der Waals surface area contributed by atoms with E-state index in [1.165, 1.54) is 12.1 Å². The minimum Gasteiger partial charge on any atom is -0.363 e. The van der Waals surface area contributed by atoms with E-state index in [0.29, 0.717) is 22.9 Å². The third kappa shape index (κ3) is 6.18. The van der Waals surface area contributed by atoms with E-state index in [-0.39, 0.29) is 6.42 Å². The van der Waals surface area contributed by atoms with E-state index in [0.717, 1.165) is 23.6 Å². The third-order valence-electron chi connectivity index (χ3n) is 4.34. The summed E-state index contributed by atoms with van der Waals surface area (Å²) < 4.78 is 38.4. The maximum absolute atomic E-state index is 12.8. The van der Waals surface area contributed by atoms with E-state index in [2.05, 4.69) is 20.6 Å². The third-order valence-corrected chi connectivity index (χ3v) is 4.34. The van der Waals surface area contributed by atoms with Crippen molar-refractivity contribution in [3.8, 4) is 0 Å². The van der Waals surface area contributed by atoms with Gasteiger partial charge in [-0.15, -0.1) is 0 Å². The van der Waals surface area contributed by atoms with Gasteiger partial charge in [-0.05, 0) is 42.8 Å². The van der Waals surface area contributed by atoms with E-state index >= 15 is 0 Å². The second-order valence-corrected chi connectivity index (χ2v) is 7.18. The van der Waals surface area contributed by atoms with Crippen molar-refractivity contribution in [1.29, 1.82) is 0 Å². The van der Waals surface area contributed by atoms with Crippen LogP contribution in [0.25, 0.3) is 0 Å². The number of amides is 1. The molecule has 0 atom stereocenters. The number of carbonyl (C=O) groups excluding carboxylic acids is 1. The van der Waals surface area contributed by atoms with Crippen molar-refractivity contribution in [3.63, 3.8) is 0 Å². The number of hydrogen-bond acceptors (Lipinski definition) is 5. The van der Waals surface area contributed by atoms with Crippen LogP contribution in [-0.4, -0.2) is 30.0 Å². The van der Waals surface area contributed by atoms with Crippen molar-refractivity contribution in [2.45, 2.75) is 19.5 Å². The van der Waals surface area contributed by atoms with Gasteiger partial charge in [-0.3, -0.25) is 4.79 Å². The van der Waals surface area contributed by atoms with Gasteiger partial charge in [-0.25, -0.2) is 9.97 Å². The molecule has 3 rings (SSSR count). The summed E-state index contributed by atoms with van der Waals surface area (Å²) >= 11 is 0. The molecule has 0 bridgehead atoms. The van der Waals surface area contributed by atoms with Gasteiger partial charge in [0.2, 0.25) is 5.91 Å². The van der Waals surface area contributed by atoms with E-state index in [1.54, 1.807) is 31.2 Å². The average Bonchev–Trinajstić information content (AvgIpc) is 2.68. The fourth-order valence-electron chi connectivity index (χ4n) is 2.88. The molecule has 0 spiro atoms. The Morgan fingerprint density at radius 1 is 1.00 bits per heavy atom. The molecule has 9 heteroatoms. The highest BCUT2D eigenvalue weighted by molar-refractivity contribution is 5.92. The summed E-state index contributed by atoms with van der Waals surface area (Å²) in [6.45, 7) is 1.81. The monoisotopic (exact) mass is 429 g/mol. The van der Waals surface area contributed by atoms with Crippen LogP contribution in [0.1, 0.15) is 17.0 Å². The summed E-state index contributed by atoms with van der Waals surface area (Å²) in [6.07, 6.45) is -4.59. The Morgan fingerprint density at radius 3 is 2.32 bits per heavy atom. The zero-order valence-corrected chi connectivity index (χ0v) is 17.3. The predicted molar refractivity (Wildman–Crippen MR) is 115 cm³/mol. The molecule has 0 fully saturated rings. The number of rotatable bonds is 6. The highest BCUT2D eigenvalue weighted by Crippen LogP contribution is 2.29. The summed E-state index contributed by atoms with van der Waals surface area (Å²) in [4.78, 5) is 22.8. The summed E-state index contributed by atoms with van der Waals surface area (Å²) in [5.74, 6) is 1.64. The first-order valence-electron chi connectivity index (χ1n) is 9.46. The summed E-state index contributed by atoms with van der Waals surface area (Å²) in [5.41, 5.74) is 0.820. The predicted octanol–water partition coefficient (Wildman–Crippen LogP) is 4.79. The first kappa shape index (κ1) is 22.1. The number of carbonyl (C=O) groups is 1. The van der Waals surface area contributed by atoms with Crippen molar-refractivity contribution in [2.24, 2.45) is 0 Å². The molecular formula is C22H22F3N5O. The van der Waals surface area contributed by atoms with E-state index < -0.39 is 17.6 Å². The second kappa shape index (κ2) is 9.03. The molecule has 0 saturated carbocycles. The second-order valence-electron chi connectivity index (χ2n) is 7.18. The molecular weight excluding hydrogens is 407 g/mol. The van der Waals surface area contributed by atoms with Crippen LogP contribution < -0.4 is 15.5 Å². The Balaban J connectivity index is 1.63. The van der Waals surface area contributed by atoms with Gasteiger partial charge in [0.25, 0.3) is 0 Å². The first-order valence-corrected chi connectivity index (χ1v) is 9.46. The number of anilines is 4. The molecule has 0 unspecified atom stereocenters.